The average Bonchev–Trinajstić information content (AvgIpc) is 2.90. The number of aryl methyl sites for hydroxylation is 2. The van der Waals surface area contributed by atoms with E-state index < -0.39 is 0 Å². The van der Waals surface area contributed by atoms with E-state index in [4.69, 9.17) is 0 Å². The molecule has 1 aromatic carbocycles. The number of anilines is 1. The Bertz CT molecular complexity index is 810. The molecule has 0 saturated carbocycles. The van der Waals surface area contributed by atoms with Crippen LogP contribution >= 0.6 is 0 Å². The van der Waals surface area contributed by atoms with Gasteiger partial charge in [0.15, 0.2) is 0 Å². The van der Waals surface area contributed by atoms with Crippen LogP contribution in [-0.2, 0) is 7.05 Å². The van der Waals surface area contributed by atoms with Crippen molar-refractivity contribution in [3.63, 3.8) is 0 Å². The fraction of sp³-hybridized carbons (Fsp3) is 0.286. The Labute approximate surface area is 115 Å². The molecule has 0 aliphatic rings. The van der Waals surface area contributed by atoms with Gasteiger partial charge >= 0.3 is 5.69 Å². The number of nitrogens with one attached hydrogen (secondary N) is 3. The Balaban J connectivity index is 1.88. The highest BCUT2D eigenvalue weighted by Gasteiger charge is 2.12. The van der Waals surface area contributed by atoms with Crippen molar-refractivity contribution in [3.8, 4) is 0 Å². The summed E-state index contributed by atoms with van der Waals surface area (Å²) in [6.45, 7) is 4.09. The van der Waals surface area contributed by atoms with E-state index in [9.17, 15) is 4.79 Å². The van der Waals surface area contributed by atoms with Gasteiger partial charge in [-0.2, -0.15) is 5.10 Å². The van der Waals surface area contributed by atoms with Crippen LogP contribution in [-0.4, -0.2) is 19.7 Å². The van der Waals surface area contributed by atoms with Gasteiger partial charge in [0.05, 0.1) is 22.8 Å². The third-order valence-corrected chi connectivity index (χ3v) is 3.42. The number of benzene rings is 1. The van der Waals surface area contributed by atoms with Crippen LogP contribution in [0.15, 0.2) is 29.2 Å². The third-order valence-electron chi connectivity index (χ3n) is 3.42. The maximum Gasteiger partial charge on any atom is 0.323 e. The highest BCUT2D eigenvalue weighted by atomic mass is 16.1. The van der Waals surface area contributed by atoms with Gasteiger partial charge in [-0.3, -0.25) is 4.68 Å². The van der Waals surface area contributed by atoms with E-state index in [1.54, 1.807) is 0 Å². The molecule has 3 rings (SSSR count). The van der Waals surface area contributed by atoms with Crippen molar-refractivity contribution in [1.29, 1.82) is 0 Å². The molecule has 2 heterocycles. The maximum atomic E-state index is 11.2. The van der Waals surface area contributed by atoms with Gasteiger partial charge < -0.3 is 15.3 Å². The number of imidazole rings is 1. The van der Waals surface area contributed by atoms with Crippen molar-refractivity contribution in [2.75, 3.05) is 5.32 Å². The van der Waals surface area contributed by atoms with Crippen molar-refractivity contribution in [2.24, 2.45) is 7.05 Å². The molecule has 0 fully saturated rings. The molecule has 0 amide bonds. The van der Waals surface area contributed by atoms with Gasteiger partial charge in [0.25, 0.3) is 0 Å². The zero-order chi connectivity index (χ0) is 14.3. The third kappa shape index (κ3) is 2.20. The molecule has 3 aromatic rings. The van der Waals surface area contributed by atoms with Gasteiger partial charge in [0, 0.05) is 24.5 Å². The molecular weight excluding hydrogens is 254 g/mol. The molecule has 3 N–H and O–H groups in total. The van der Waals surface area contributed by atoms with Crippen LogP contribution in [0.4, 0.5) is 5.69 Å². The standard InChI is InChI=1S/C14H17N5O/c1-8(11-7-19(3)18-9(11)2)15-10-4-5-12-13(6-10)17-14(20)16-12/h4-8,15H,1-3H3,(H2,16,17,20). The summed E-state index contributed by atoms with van der Waals surface area (Å²) in [5, 5.41) is 7.78. The molecule has 0 spiro atoms. The van der Waals surface area contributed by atoms with Gasteiger partial charge in [-0.1, -0.05) is 0 Å². The van der Waals surface area contributed by atoms with Crippen LogP contribution in [0.3, 0.4) is 0 Å². The summed E-state index contributed by atoms with van der Waals surface area (Å²) in [7, 11) is 1.92. The van der Waals surface area contributed by atoms with Crippen LogP contribution in [0.5, 0.6) is 0 Å². The number of fused-ring (bicyclic) bond motifs is 1. The number of H-pyrrole nitrogens is 2. The van der Waals surface area contributed by atoms with E-state index in [1.165, 1.54) is 0 Å². The Hall–Kier alpha value is -2.50. The zero-order valence-corrected chi connectivity index (χ0v) is 11.7. The van der Waals surface area contributed by atoms with Crippen molar-refractivity contribution in [2.45, 2.75) is 19.9 Å². The normalized spacial score (nSPS) is 12.8. The molecule has 0 bridgehead atoms. The van der Waals surface area contributed by atoms with Crippen molar-refractivity contribution >= 4 is 16.7 Å². The second-order valence-electron chi connectivity index (χ2n) is 5.05. The molecule has 1 unspecified atom stereocenters. The van der Waals surface area contributed by atoms with E-state index in [0.29, 0.717) is 0 Å². The Morgan fingerprint density at radius 1 is 1.30 bits per heavy atom. The molecule has 2 aromatic heterocycles. The van der Waals surface area contributed by atoms with Crippen molar-refractivity contribution < 1.29 is 0 Å². The molecular formula is C14H17N5O. The van der Waals surface area contributed by atoms with Gasteiger partial charge in [-0.25, -0.2) is 4.79 Å². The first-order chi connectivity index (χ1) is 9.52. The van der Waals surface area contributed by atoms with E-state index >= 15 is 0 Å². The van der Waals surface area contributed by atoms with Gasteiger partial charge in [0.2, 0.25) is 0 Å². The summed E-state index contributed by atoms with van der Waals surface area (Å²) >= 11 is 0. The first-order valence-corrected chi connectivity index (χ1v) is 6.51. The number of aromatic nitrogens is 4. The summed E-state index contributed by atoms with van der Waals surface area (Å²) in [5.74, 6) is 0. The molecule has 0 radical (unpaired) electrons. The van der Waals surface area contributed by atoms with E-state index in [1.807, 2.05) is 43.0 Å². The van der Waals surface area contributed by atoms with Gasteiger partial charge in [-0.15, -0.1) is 0 Å². The predicted molar refractivity (Wildman–Crippen MR) is 78.9 cm³/mol. The topological polar surface area (TPSA) is 78.5 Å². The molecule has 6 heteroatoms. The number of nitrogens with zero attached hydrogens (tertiary/aromatic N) is 2. The highest BCUT2D eigenvalue weighted by molar-refractivity contribution is 5.78. The summed E-state index contributed by atoms with van der Waals surface area (Å²) in [5.41, 5.74) is 4.57. The second-order valence-corrected chi connectivity index (χ2v) is 5.05. The summed E-state index contributed by atoms with van der Waals surface area (Å²) in [6.07, 6.45) is 2.02. The van der Waals surface area contributed by atoms with Crippen LogP contribution in [0, 0.1) is 6.92 Å². The Morgan fingerprint density at radius 2 is 2.05 bits per heavy atom. The Kier molecular flexibility index (Phi) is 2.85. The highest BCUT2D eigenvalue weighted by Crippen LogP contribution is 2.22. The predicted octanol–water partition coefficient (Wildman–Crippen LogP) is 2.07. The summed E-state index contributed by atoms with van der Waals surface area (Å²) in [6, 6.07) is 5.91. The molecule has 1 atom stereocenters. The number of rotatable bonds is 3. The molecule has 6 nitrogen and oxygen atoms in total. The van der Waals surface area contributed by atoms with E-state index in [-0.39, 0.29) is 11.7 Å². The minimum atomic E-state index is -0.187. The summed E-state index contributed by atoms with van der Waals surface area (Å²) in [4.78, 5) is 16.7. The van der Waals surface area contributed by atoms with E-state index in [0.717, 1.165) is 28.0 Å². The monoisotopic (exact) mass is 271 g/mol. The number of hydrogen-bond donors (Lipinski definition) is 3. The minimum Gasteiger partial charge on any atom is -0.378 e. The van der Waals surface area contributed by atoms with Crippen LogP contribution in [0.25, 0.3) is 11.0 Å². The average molecular weight is 271 g/mol. The fourth-order valence-electron chi connectivity index (χ4n) is 2.49. The molecule has 0 aliphatic heterocycles. The van der Waals surface area contributed by atoms with Crippen LogP contribution in [0.1, 0.15) is 24.2 Å². The largest absolute Gasteiger partial charge is 0.378 e. The molecule has 0 aliphatic carbocycles. The lowest BCUT2D eigenvalue weighted by atomic mass is 10.1. The lowest BCUT2D eigenvalue weighted by Crippen LogP contribution is -2.07. The van der Waals surface area contributed by atoms with Crippen LogP contribution < -0.4 is 11.0 Å². The van der Waals surface area contributed by atoms with Crippen LogP contribution in [0.2, 0.25) is 0 Å². The number of hydrogen-bond acceptors (Lipinski definition) is 3. The zero-order valence-electron chi connectivity index (χ0n) is 11.7. The number of aromatic amines is 2. The lowest BCUT2D eigenvalue weighted by molar-refractivity contribution is 0.756. The lowest BCUT2D eigenvalue weighted by Gasteiger charge is -2.14. The van der Waals surface area contributed by atoms with Gasteiger partial charge in [-0.05, 0) is 32.0 Å². The first-order valence-electron chi connectivity index (χ1n) is 6.51. The maximum absolute atomic E-state index is 11.2. The fourth-order valence-corrected chi connectivity index (χ4v) is 2.49. The van der Waals surface area contributed by atoms with Crippen molar-refractivity contribution in [1.82, 2.24) is 19.7 Å². The quantitative estimate of drug-likeness (QED) is 0.682. The minimum absolute atomic E-state index is 0.145. The second kappa shape index (κ2) is 4.56. The molecule has 20 heavy (non-hydrogen) atoms. The SMILES string of the molecule is Cc1nn(C)cc1C(C)Nc1ccc2[nH]c(=O)[nH]c2c1. The van der Waals surface area contributed by atoms with Gasteiger partial charge in [0.1, 0.15) is 0 Å². The van der Waals surface area contributed by atoms with E-state index in [2.05, 4.69) is 27.3 Å². The molecule has 0 saturated heterocycles. The Morgan fingerprint density at radius 3 is 2.75 bits per heavy atom. The first kappa shape index (κ1) is 12.5. The molecule has 104 valence electrons. The smallest absolute Gasteiger partial charge is 0.323 e. The van der Waals surface area contributed by atoms with Crippen molar-refractivity contribution in [3.05, 3.63) is 46.1 Å². The summed E-state index contributed by atoms with van der Waals surface area (Å²) < 4.78 is 1.82.